The predicted octanol–water partition coefficient (Wildman–Crippen LogP) is 5.06. The van der Waals surface area contributed by atoms with Crippen molar-refractivity contribution in [1.82, 2.24) is 14.5 Å². The molecule has 35 heavy (non-hydrogen) atoms. The van der Waals surface area contributed by atoms with Gasteiger partial charge in [0.1, 0.15) is 12.3 Å². The van der Waals surface area contributed by atoms with Crippen molar-refractivity contribution in [3.63, 3.8) is 0 Å². The van der Waals surface area contributed by atoms with Crippen LogP contribution in [-0.2, 0) is 9.59 Å². The van der Waals surface area contributed by atoms with Gasteiger partial charge in [-0.05, 0) is 44.7 Å². The summed E-state index contributed by atoms with van der Waals surface area (Å²) >= 11 is 0. The topological polar surface area (TPSA) is 76.5 Å². The molecule has 0 radical (unpaired) electrons. The minimum Gasteiger partial charge on any atom is -0.494 e. The minimum atomic E-state index is -0.226. The van der Waals surface area contributed by atoms with Gasteiger partial charge in [0.05, 0.1) is 18.0 Å². The van der Waals surface area contributed by atoms with Gasteiger partial charge in [0.15, 0.2) is 0 Å². The van der Waals surface area contributed by atoms with Gasteiger partial charge >= 0.3 is 0 Å². The third-order valence-electron chi connectivity index (χ3n) is 6.72. The van der Waals surface area contributed by atoms with E-state index in [0.717, 1.165) is 61.2 Å². The number of amides is 2. The van der Waals surface area contributed by atoms with Crippen LogP contribution in [0.5, 0.6) is 5.75 Å². The summed E-state index contributed by atoms with van der Waals surface area (Å²) in [6, 6.07) is 17.8. The van der Waals surface area contributed by atoms with E-state index in [1.165, 1.54) is 0 Å². The molecule has 1 aromatic heterocycles. The molecule has 2 amide bonds. The van der Waals surface area contributed by atoms with Crippen molar-refractivity contribution in [2.24, 2.45) is 5.92 Å². The molecule has 0 unspecified atom stereocenters. The fourth-order valence-electron chi connectivity index (χ4n) is 4.80. The molecule has 2 aliphatic rings. The Balaban J connectivity index is 1.40. The molecule has 0 spiro atoms. The number of carbonyl (C=O) groups excluding carboxylic acids is 2. The summed E-state index contributed by atoms with van der Waals surface area (Å²) in [6.45, 7) is 2.58. The molecule has 3 aromatic rings. The lowest BCUT2D eigenvalue weighted by Gasteiger charge is -2.25. The molecular formula is C28H32N4O3. The smallest absolute Gasteiger partial charge is 0.246 e. The van der Waals surface area contributed by atoms with E-state index in [1.807, 2.05) is 72.3 Å². The molecule has 5 rings (SSSR count). The minimum absolute atomic E-state index is 0.0620. The summed E-state index contributed by atoms with van der Waals surface area (Å²) < 4.78 is 7.54. The molecule has 0 bridgehead atoms. The van der Waals surface area contributed by atoms with Crippen LogP contribution >= 0.6 is 0 Å². The summed E-state index contributed by atoms with van der Waals surface area (Å²) in [7, 11) is 0. The van der Waals surface area contributed by atoms with Gasteiger partial charge in [0.25, 0.3) is 0 Å². The molecular weight excluding hydrogens is 440 g/mol. The number of imidazole rings is 1. The van der Waals surface area contributed by atoms with Gasteiger partial charge in [-0.3, -0.25) is 19.5 Å². The van der Waals surface area contributed by atoms with Gasteiger partial charge in [0, 0.05) is 29.8 Å². The van der Waals surface area contributed by atoms with Gasteiger partial charge in [-0.2, -0.15) is 0 Å². The molecule has 7 heteroatoms. The molecule has 7 nitrogen and oxygen atoms in total. The van der Waals surface area contributed by atoms with Crippen molar-refractivity contribution in [2.75, 3.05) is 18.5 Å². The van der Waals surface area contributed by atoms with Crippen molar-refractivity contribution >= 4 is 17.8 Å². The maximum Gasteiger partial charge on any atom is 0.246 e. The van der Waals surface area contributed by atoms with Gasteiger partial charge < -0.3 is 9.64 Å². The van der Waals surface area contributed by atoms with E-state index in [9.17, 15) is 9.59 Å². The summed E-state index contributed by atoms with van der Waals surface area (Å²) in [5.41, 5.74) is 2.55. The quantitative estimate of drug-likeness (QED) is 0.472. The second kappa shape index (κ2) is 10.3. The SMILES string of the molecule is CCOc1cccc(-n2cc(-c3ccccc3)nc2NC(=O)CN(C(=O)C2CCCC2)C2CC2)c1. The number of ether oxygens (including phenoxy) is 1. The zero-order valence-electron chi connectivity index (χ0n) is 20.2. The van der Waals surface area contributed by atoms with E-state index >= 15 is 0 Å². The lowest BCUT2D eigenvalue weighted by molar-refractivity contribution is -0.138. The van der Waals surface area contributed by atoms with E-state index in [1.54, 1.807) is 4.90 Å². The molecule has 2 fully saturated rings. The maximum atomic E-state index is 13.2. The number of rotatable bonds is 9. The number of hydrogen-bond acceptors (Lipinski definition) is 4. The van der Waals surface area contributed by atoms with Crippen molar-refractivity contribution in [1.29, 1.82) is 0 Å². The molecule has 1 heterocycles. The molecule has 1 N–H and O–H groups in total. The monoisotopic (exact) mass is 472 g/mol. The number of carbonyl (C=O) groups is 2. The Morgan fingerprint density at radius 1 is 1.06 bits per heavy atom. The second-order valence-corrected chi connectivity index (χ2v) is 9.34. The zero-order chi connectivity index (χ0) is 24.2. The van der Waals surface area contributed by atoms with Crippen LogP contribution in [-0.4, -0.2) is 45.5 Å². The number of nitrogens with one attached hydrogen (secondary N) is 1. The number of aromatic nitrogens is 2. The third-order valence-corrected chi connectivity index (χ3v) is 6.72. The van der Waals surface area contributed by atoms with Gasteiger partial charge in [-0.15, -0.1) is 0 Å². The van der Waals surface area contributed by atoms with Gasteiger partial charge in [-0.1, -0.05) is 49.2 Å². The number of nitrogens with zero attached hydrogens (tertiary/aromatic N) is 3. The van der Waals surface area contributed by atoms with Crippen LogP contribution in [0, 0.1) is 5.92 Å². The van der Waals surface area contributed by atoms with Crippen LogP contribution in [0.1, 0.15) is 45.4 Å². The van der Waals surface area contributed by atoms with Crippen LogP contribution < -0.4 is 10.1 Å². The third kappa shape index (κ3) is 5.39. The summed E-state index contributed by atoms with van der Waals surface area (Å²) in [5.74, 6) is 1.15. The highest BCUT2D eigenvalue weighted by Gasteiger charge is 2.37. The Hall–Kier alpha value is -3.61. The highest BCUT2D eigenvalue weighted by molar-refractivity contribution is 5.94. The Bertz CT molecular complexity index is 1180. The lowest BCUT2D eigenvalue weighted by Crippen LogP contribution is -2.42. The molecule has 0 atom stereocenters. The first-order valence-electron chi connectivity index (χ1n) is 12.6. The molecule has 2 aliphatic carbocycles. The normalized spacial score (nSPS) is 15.7. The van der Waals surface area contributed by atoms with Crippen LogP contribution in [0.4, 0.5) is 5.95 Å². The van der Waals surface area contributed by atoms with Crippen molar-refractivity contribution in [2.45, 2.75) is 51.5 Å². The van der Waals surface area contributed by atoms with Crippen LogP contribution in [0.3, 0.4) is 0 Å². The highest BCUT2D eigenvalue weighted by Crippen LogP contribution is 2.33. The molecule has 182 valence electrons. The highest BCUT2D eigenvalue weighted by atomic mass is 16.5. The Morgan fingerprint density at radius 3 is 2.54 bits per heavy atom. The molecule has 0 saturated heterocycles. The standard InChI is InChI=1S/C28H32N4O3/c1-2-35-24-14-8-13-23(17-24)32-18-25(20-9-4-3-5-10-20)29-28(32)30-26(33)19-31(22-15-16-22)27(34)21-11-6-7-12-21/h3-5,8-10,13-14,17-18,21-22H,2,6-7,11-12,15-16,19H2,1H3,(H,29,30,33). The number of hydrogen-bond donors (Lipinski definition) is 1. The number of benzene rings is 2. The largest absolute Gasteiger partial charge is 0.494 e. The van der Waals surface area contributed by atoms with Crippen molar-refractivity contribution in [3.8, 4) is 22.7 Å². The van der Waals surface area contributed by atoms with Crippen molar-refractivity contribution in [3.05, 3.63) is 60.8 Å². The van der Waals surface area contributed by atoms with E-state index < -0.39 is 0 Å². The number of anilines is 1. The van der Waals surface area contributed by atoms with Gasteiger partial charge in [-0.25, -0.2) is 4.98 Å². The average Bonchev–Trinajstić information content (AvgIpc) is 3.39. The first kappa shape index (κ1) is 23.1. The van der Waals surface area contributed by atoms with Crippen LogP contribution in [0.25, 0.3) is 16.9 Å². The Morgan fingerprint density at radius 2 is 1.83 bits per heavy atom. The fraction of sp³-hybridized carbons (Fsp3) is 0.393. The van der Waals surface area contributed by atoms with Gasteiger partial charge in [0.2, 0.25) is 17.8 Å². The van der Waals surface area contributed by atoms with Crippen molar-refractivity contribution < 1.29 is 14.3 Å². The molecule has 2 aromatic carbocycles. The van der Waals surface area contributed by atoms with Crippen LogP contribution in [0.2, 0.25) is 0 Å². The van der Waals surface area contributed by atoms with E-state index in [0.29, 0.717) is 12.6 Å². The summed E-state index contributed by atoms with van der Waals surface area (Å²) in [5, 5.41) is 2.99. The van der Waals surface area contributed by atoms with E-state index in [4.69, 9.17) is 9.72 Å². The van der Waals surface area contributed by atoms with E-state index in [2.05, 4.69) is 5.32 Å². The fourth-order valence-corrected chi connectivity index (χ4v) is 4.80. The Labute approximate surface area is 206 Å². The molecule has 2 saturated carbocycles. The summed E-state index contributed by atoms with van der Waals surface area (Å²) in [4.78, 5) is 32.8. The second-order valence-electron chi connectivity index (χ2n) is 9.34. The lowest BCUT2D eigenvalue weighted by atomic mass is 10.1. The average molecular weight is 473 g/mol. The predicted molar refractivity (Wildman–Crippen MR) is 135 cm³/mol. The van der Waals surface area contributed by atoms with E-state index in [-0.39, 0.29) is 30.3 Å². The molecule has 0 aliphatic heterocycles. The maximum absolute atomic E-state index is 13.2. The first-order chi connectivity index (χ1) is 17.1. The Kier molecular flexibility index (Phi) is 6.84. The first-order valence-corrected chi connectivity index (χ1v) is 12.6. The van der Waals surface area contributed by atoms with Crippen LogP contribution in [0.15, 0.2) is 60.8 Å². The summed E-state index contributed by atoms with van der Waals surface area (Å²) in [6.07, 6.45) is 7.93. The zero-order valence-corrected chi connectivity index (χ0v) is 20.2.